The van der Waals surface area contributed by atoms with Crippen molar-refractivity contribution in [3.05, 3.63) is 92.5 Å². The first-order valence-electron chi connectivity index (χ1n) is 14.9. The molecule has 0 radical (unpaired) electrons. The number of anilines is 1. The highest BCUT2D eigenvalue weighted by molar-refractivity contribution is 7.85. The van der Waals surface area contributed by atoms with Gasteiger partial charge in [-0.15, -0.1) is 0 Å². The Bertz CT molecular complexity index is 2020. The molecule has 1 unspecified atom stereocenters. The number of fused-ring (bicyclic) bond motifs is 4. The van der Waals surface area contributed by atoms with E-state index in [0.717, 1.165) is 32.8 Å². The van der Waals surface area contributed by atoms with E-state index in [2.05, 4.69) is 11.4 Å². The second-order valence-electron chi connectivity index (χ2n) is 13.8. The number of hydrogen-bond acceptors (Lipinski definition) is 6. The van der Waals surface area contributed by atoms with Gasteiger partial charge in [-0.25, -0.2) is 4.79 Å². The van der Waals surface area contributed by atoms with Crippen LogP contribution in [0.25, 0.3) is 11.1 Å². The number of ether oxygens (including phenoxy) is 1. The van der Waals surface area contributed by atoms with Crippen molar-refractivity contribution in [3.63, 3.8) is 0 Å². The summed E-state index contributed by atoms with van der Waals surface area (Å²) < 4.78 is 40.6. The Labute approximate surface area is 257 Å². The van der Waals surface area contributed by atoms with Crippen LogP contribution in [0.3, 0.4) is 0 Å². The molecule has 3 aliphatic heterocycles. The van der Waals surface area contributed by atoms with E-state index in [1.165, 1.54) is 0 Å². The van der Waals surface area contributed by atoms with E-state index < -0.39 is 33.3 Å². The number of carbonyl (C=O) groups is 1. The minimum atomic E-state index is -4.27. The fraction of sp³-hybridized carbons (Fsp3) is 0.371. The molecule has 0 fully saturated rings. The number of rotatable bonds is 5. The third-order valence-corrected chi connectivity index (χ3v) is 9.53. The van der Waals surface area contributed by atoms with Gasteiger partial charge in [0.15, 0.2) is 0 Å². The number of carboxylic acid groups (broad SMARTS) is 1. The maximum absolute atomic E-state index is 12.8. The lowest BCUT2D eigenvalue weighted by Crippen LogP contribution is -2.39. The lowest BCUT2D eigenvalue weighted by Gasteiger charge is -2.39. The van der Waals surface area contributed by atoms with E-state index >= 15 is 0 Å². The predicted molar refractivity (Wildman–Crippen MR) is 172 cm³/mol. The van der Waals surface area contributed by atoms with Crippen molar-refractivity contribution in [1.82, 2.24) is 0 Å². The van der Waals surface area contributed by atoms with E-state index in [9.17, 15) is 22.9 Å². The molecule has 6 rings (SSSR count). The molecule has 0 aromatic heterocycles. The summed E-state index contributed by atoms with van der Waals surface area (Å²) in [6.07, 6.45) is 2.59. The third-order valence-electron chi connectivity index (χ3n) is 8.70. The van der Waals surface area contributed by atoms with Crippen LogP contribution < -0.4 is 20.6 Å². The van der Waals surface area contributed by atoms with Gasteiger partial charge >= 0.3 is 5.97 Å². The van der Waals surface area contributed by atoms with Gasteiger partial charge in [-0.3, -0.25) is 9.55 Å². The first-order chi connectivity index (χ1) is 20.4. The number of aromatic carboxylic acids is 1. The van der Waals surface area contributed by atoms with Gasteiger partial charge in [0, 0.05) is 51.2 Å². The first kappa shape index (κ1) is 30.1. The van der Waals surface area contributed by atoms with Crippen molar-refractivity contribution < 1.29 is 27.6 Å². The molecule has 44 heavy (non-hydrogen) atoms. The van der Waals surface area contributed by atoms with Gasteiger partial charge < -0.3 is 15.2 Å². The zero-order valence-electron chi connectivity index (χ0n) is 26.1. The van der Waals surface area contributed by atoms with Crippen LogP contribution in [0.2, 0.25) is 0 Å². The second kappa shape index (κ2) is 10.0. The quantitative estimate of drug-likeness (QED) is 0.227. The molecule has 0 amide bonds. The van der Waals surface area contributed by atoms with Crippen LogP contribution in [0.1, 0.15) is 105 Å². The van der Waals surface area contributed by atoms with Crippen LogP contribution in [0.5, 0.6) is 11.5 Å². The molecule has 3 aromatic rings. The second-order valence-corrected chi connectivity index (χ2v) is 15.3. The molecular formula is C35H38N2O6S. The Kier molecular flexibility index (Phi) is 6.86. The summed E-state index contributed by atoms with van der Waals surface area (Å²) in [5.74, 6) is -0.728. The Balaban J connectivity index is 1.71. The molecule has 3 aliphatic rings. The smallest absolute Gasteiger partial charge is 0.336 e. The number of nitrogens with zero attached hydrogens (tertiary/aromatic N) is 1. The lowest BCUT2D eigenvalue weighted by atomic mass is 9.79. The van der Waals surface area contributed by atoms with Crippen molar-refractivity contribution in [2.45, 2.75) is 77.8 Å². The van der Waals surface area contributed by atoms with Gasteiger partial charge in [0.1, 0.15) is 11.5 Å². The number of allylic oxidation sites excluding steroid dienone is 1. The minimum absolute atomic E-state index is 0.133. The van der Waals surface area contributed by atoms with E-state index in [0.29, 0.717) is 40.3 Å². The summed E-state index contributed by atoms with van der Waals surface area (Å²) in [5, 5.41) is 15.5. The monoisotopic (exact) mass is 614 g/mol. The normalized spacial score (nSPS) is 19.3. The molecule has 8 nitrogen and oxygen atoms in total. The Morgan fingerprint density at radius 2 is 1.77 bits per heavy atom. The molecule has 0 saturated carbocycles. The van der Waals surface area contributed by atoms with Gasteiger partial charge in [-0.05, 0) is 87.4 Å². The average Bonchev–Trinajstić information content (AvgIpc) is 2.87. The van der Waals surface area contributed by atoms with Crippen LogP contribution in [0.4, 0.5) is 5.69 Å². The maximum Gasteiger partial charge on any atom is 0.336 e. The fourth-order valence-corrected chi connectivity index (χ4v) is 7.75. The fourth-order valence-electron chi connectivity index (χ4n) is 6.94. The largest absolute Gasteiger partial charge is 0.478 e. The Morgan fingerprint density at radius 1 is 1.05 bits per heavy atom. The summed E-state index contributed by atoms with van der Waals surface area (Å²) in [4.78, 5) is 17.7. The van der Waals surface area contributed by atoms with Crippen LogP contribution in [0.15, 0.2) is 53.5 Å². The highest BCUT2D eigenvalue weighted by Gasteiger charge is 2.36. The zero-order valence-corrected chi connectivity index (χ0v) is 26.9. The summed E-state index contributed by atoms with van der Waals surface area (Å²) >= 11 is 0. The molecule has 0 spiro atoms. The molecule has 9 heteroatoms. The third kappa shape index (κ3) is 5.43. The highest BCUT2D eigenvalue weighted by atomic mass is 32.2. The summed E-state index contributed by atoms with van der Waals surface area (Å²) in [7, 11) is -4.27. The number of nitrogens with one attached hydrogen (secondary N) is 1. The van der Waals surface area contributed by atoms with Gasteiger partial charge in [-0.2, -0.15) is 8.42 Å². The lowest BCUT2D eigenvalue weighted by molar-refractivity contribution is 0.0696. The van der Waals surface area contributed by atoms with Crippen molar-refractivity contribution in [2.75, 3.05) is 11.1 Å². The SMILES string of the molecule is CC1=CC(C)(C)N=c2cc3c(cc21)=C(c1ccc(C(C)C)cc1C(=O)O)c1cc2c(cc1O3)NC(C)(C)CC2CS(=O)(=O)O. The topological polar surface area (TPSA) is 125 Å². The Morgan fingerprint density at radius 3 is 2.43 bits per heavy atom. The molecule has 1 atom stereocenters. The molecule has 3 heterocycles. The molecule has 3 N–H and O–H groups in total. The molecule has 0 saturated heterocycles. The zero-order chi connectivity index (χ0) is 31.9. The number of hydrogen-bond donors (Lipinski definition) is 3. The Hall–Kier alpha value is -3.95. The maximum atomic E-state index is 12.8. The summed E-state index contributed by atoms with van der Waals surface area (Å²) in [6.45, 7) is 14.2. The van der Waals surface area contributed by atoms with Gasteiger partial charge in [0.25, 0.3) is 10.1 Å². The van der Waals surface area contributed by atoms with Crippen molar-refractivity contribution in [2.24, 2.45) is 4.99 Å². The highest BCUT2D eigenvalue weighted by Crippen LogP contribution is 2.47. The molecular weight excluding hydrogens is 576 g/mol. The van der Waals surface area contributed by atoms with Crippen molar-refractivity contribution in [1.29, 1.82) is 0 Å². The van der Waals surface area contributed by atoms with Crippen molar-refractivity contribution >= 4 is 32.9 Å². The van der Waals surface area contributed by atoms with Crippen LogP contribution in [-0.2, 0) is 10.1 Å². The van der Waals surface area contributed by atoms with Crippen LogP contribution >= 0.6 is 0 Å². The molecule has 230 valence electrons. The number of carboxylic acids is 1. The van der Waals surface area contributed by atoms with Gasteiger partial charge in [0.05, 0.1) is 22.2 Å². The molecule has 0 aliphatic carbocycles. The average molecular weight is 615 g/mol. The standard InChI is InChI=1S/C35H38N2O6S/c1-18(2)20-8-9-22(25(10-20)33(38)39)32-26-11-23-19(3)15-34(4,5)36-28(23)13-30(26)43-31-14-29-24(12-27(31)32)21(17-44(40,41)42)16-35(6,7)37-29/h8-15,18,21,37H,16-17H2,1-7H3,(H,38,39)(H,40,41,42). The van der Waals surface area contributed by atoms with E-state index in [4.69, 9.17) is 9.73 Å². The van der Waals surface area contributed by atoms with Crippen molar-refractivity contribution in [3.8, 4) is 11.5 Å². The summed E-state index contributed by atoms with van der Waals surface area (Å²) in [6, 6.07) is 13.3. The van der Waals surface area contributed by atoms with E-state index in [-0.39, 0.29) is 17.0 Å². The minimum Gasteiger partial charge on any atom is -0.478 e. The number of benzene rings is 3. The molecule has 3 aromatic carbocycles. The van der Waals surface area contributed by atoms with Gasteiger partial charge in [-0.1, -0.05) is 32.1 Å². The van der Waals surface area contributed by atoms with Crippen LogP contribution in [0, 0.1) is 0 Å². The molecule has 0 bridgehead atoms. The first-order valence-corrected chi connectivity index (χ1v) is 16.5. The predicted octanol–water partition coefficient (Wildman–Crippen LogP) is 6.24. The van der Waals surface area contributed by atoms with Crippen LogP contribution in [-0.4, -0.2) is 40.9 Å². The van der Waals surface area contributed by atoms with E-state index in [1.54, 1.807) is 6.07 Å². The van der Waals surface area contributed by atoms with E-state index in [1.807, 2.05) is 84.9 Å². The van der Waals surface area contributed by atoms with Gasteiger partial charge in [0.2, 0.25) is 0 Å². The summed E-state index contributed by atoms with van der Waals surface area (Å²) in [5.41, 5.74) is 5.59.